The zero-order chi connectivity index (χ0) is 30.1. The van der Waals surface area contributed by atoms with Crippen molar-refractivity contribution in [3.05, 3.63) is 139 Å². The highest BCUT2D eigenvalue weighted by molar-refractivity contribution is 7.07. The number of methoxy groups -OCH3 is 2. The quantitative estimate of drug-likeness (QED) is 0.277. The van der Waals surface area contributed by atoms with Crippen LogP contribution in [0.5, 0.6) is 0 Å². The van der Waals surface area contributed by atoms with Gasteiger partial charge in [0.05, 0.1) is 53.0 Å². The second-order valence-electron chi connectivity index (χ2n) is 9.77. The monoisotopic (exact) mass is 590 g/mol. The molecule has 0 radical (unpaired) electrons. The maximum absolute atomic E-state index is 14.1. The number of hydrogen-bond donors (Lipinski definition) is 0. The van der Waals surface area contributed by atoms with Crippen molar-refractivity contribution in [2.75, 3.05) is 14.2 Å². The van der Waals surface area contributed by atoms with Gasteiger partial charge in [-0.1, -0.05) is 72.0 Å². The van der Waals surface area contributed by atoms with E-state index in [9.17, 15) is 14.4 Å². The van der Waals surface area contributed by atoms with Crippen molar-refractivity contribution in [1.29, 1.82) is 0 Å². The van der Waals surface area contributed by atoms with E-state index in [0.29, 0.717) is 26.2 Å². The van der Waals surface area contributed by atoms with Gasteiger partial charge in [-0.15, -0.1) is 0 Å². The largest absolute Gasteiger partial charge is 0.466 e. The molecule has 1 aliphatic rings. The van der Waals surface area contributed by atoms with Crippen LogP contribution in [0.15, 0.2) is 112 Å². The Morgan fingerprint density at radius 1 is 0.884 bits per heavy atom. The minimum absolute atomic E-state index is 0.245. The van der Waals surface area contributed by atoms with Crippen molar-refractivity contribution in [3.63, 3.8) is 0 Å². The van der Waals surface area contributed by atoms with Crippen LogP contribution in [-0.2, 0) is 14.3 Å². The maximum Gasteiger partial charge on any atom is 0.338 e. The number of allylic oxidation sites excluding steroid dienone is 1. The number of benzene rings is 3. The highest BCUT2D eigenvalue weighted by atomic mass is 32.1. The van der Waals surface area contributed by atoms with Gasteiger partial charge in [-0.05, 0) is 42.8 Å². The lowest BCUT2D eigenvalue weighted by atomic mass is 9.95. The minimum atomic E-state index is -0.807. The topological polar surface area (TPSA) is 105 Å². The van der Waals surface area contributed by atoms with E-state index in [1.165, 1.54) is 30.1 Å². The number of ether oxygens (including phenoxy) is 2. The van der Waals surface area contributed by atoms with Crippen molar-refractivity contribution < 1.29 is 19.1 Å². The third kappa shape index (κ3) is 5.13. The number of aromatic nitrogens is 3. The molecular weight excluding hydrogens is 564 g/mol. The van der Waals surface area contributed by atoms with Gasteiger partial charge in [0.25, 0.3) is 5.56 Å². The first-order chi connectivity index (χ1) is 20.9. The van der Waals surface area contributed by atoms with Crippen molar-refractivity contribution in [1.82, 2.24) is 14.3 Å². The summed E-state index contributed by atoms with van der Waals surface area (Å²) in [6, 6.07) is 25.3. The van der Waals surface area contributed by atoms with Gasteiger partial charge in [0.1, 0.15) is 0 Å². The zero-order valence-corrected chi connectivity index (χ0v) is 24.4. The maximum atomic E-state index is 14.1. The molecule has 0 N–H and O–H groups in total. The summed E-state index contributed by atoms with van der Waals surface area (Å²) in [7, 11) is 2.60. The Morgan fingerprint density at radius 3 is 2.19 bits per heavy atom. The molecule has 6 rings (SSSR count). The van der Waals surface area contributed by atoms with E-state index in [2.05, 4.69) is 4.99 Å². The van der Waals surface area contributed by atoms with Crippen LogP contribution >= 0.6 is 11.3 Å². The average Bonchev–Trinajstić information content (AvgIpc) is 3.61. The molecule has 214 valence electrons. The van der Waals surface area contributed by atoms with E-state index in [1.807, 2.05) is 72.9 Å². The second-order valence-corrected chi connectivity index (χ2v) is 10.8. The lowest BCUT2D eigenvalue weighted by Crippen LogP contribution is -2.39. The number of carbonyl (C=O) groups excluding carboxylic acids is 2. The molecule has 3 aromatic carbocycles. The Bertz CT molecular complexity index is 2060. The Hall–Kier alpha value is -5.35. The molecular formula is C33H26N4O5S. The Morgan fingerprint density at radius 2 is 1.53 bits per heavy atom. The highest BCUT2D eigenvalue weighted by Crippen LogP contribution is 2.31. The average molecular weight is 591 g/mol. The number of para-hydroxylation sites is 1. The fourth-order valence-electron chi connectivity index (χ4n) is 5.09. The van der Waals surface area contributed by atoms with Crippen LogP contribution in [0.1, 0.15) is 34.5 Å². The van der Waals surface area contributed by atoms with Crippen molar-refractivity contribution in [3.8, 4) is 16.9 Å². The SMILES string of the molecule is COC(=O)C1=C(C)N=c2sc(=Cc3cn(-c4ccccc4)nc3-c3ccccc3)c(=O)n2C1c1ccc(C(=O)OC)cc1. The van der Waals surface area contributed by atoms with Gasteiger partial charge in [0, 0.05) is 17.3 Å². The molecule has 1 unspecified atom stereocenters. The molecule has 10 heteroatoms. The number of thiazole rings is 1. The summed E-state index contributed by atoms with van der Waals surface area (Å²) in [4.78, 5) is 44.2. The van der Waals surface area contributed by atoms with Crippen molar-refractivity contribution in [2.45, 2.75) is 13.0 Å². The Balaban J connectivity index is 1.54. The fourth-order valence-corrected chi connectivity index (χ4v) is 6.13. The van der Waals surface area contributed by atoms with Gasteiger partial charge in [-0.2, -0.15) is 5.10 Å². The molecule has 0 fully saturated rings. The normalized spacial score (nSPS) is 14.7. The van der Waals surface area contributed by atoms with Crippen LogP contribution in [0.3, 0.4) is 0 Å². The smallest absolute Gasteiger partial charge is 0.338 e. The zero-order valence-electron chi connectivity index (χ0n) is 23.6. The van der Waals surface area contributed by atoms with Crippen molar-refractivity contribution >= 4 is 29.4 Å². The summed E-state index contributed by atoms with van der Waals surface area (Å²) in [6.07, 6.45) is 3.71. The first-order valence-corrected chi connectivity index (χ1v) is 14.2. The summed E-state index contributed by atoms with van der Waals surface area (Å²) in [5, 5.41) is 4.86. The molecule has 0 bridgehead atoms. The highest BCUT2D eigenvalue weighted by Gasteiger charge is 2.33. The number of fused-ring (bicyclic) bond motifs is 1. The van der Waals surface area contributed by atoms with Crippen LogP contribution in [0, 0.1) is 0 Å². The van der Waals surface area contributed by atoms with Gasteiger partial charge in [0.2, 0.25) is 0 Å². The predicted octanol–water partition coefficient (Wildman–Crippen LogP) is 4.05. The fraction of sp³-hybridized carbons (Fsp3) is 0.121. The summed E-state index contributed by atoms with van der Waals surface area (Å²) >= 11 is 1.23. The van der Waals surface area contributed by atoms with E-state index >= 15 is 0 Å². The van der Waals surface area contributed by atoms with E-state index < -0.39 is 18.0 Å². The van der Waals surface area contributed by atoms with Crippen LogP contribution < -0.4 is 14.9 Å². The summed E-state index contributed by atoms with van der Waals surface area (Å²) in [5.41, 5.74) is 4.61. The summed E-state index contributed by atoms with van der Waals surface area (Å²) in [6.45, 7) is 1.72. The number of carbonyl (C=O) groups is 2. The number of esters is 2. The van der Waals surface area contributed by atoms with Crippen LogP contribution in [0.25, 0.3) is 23.0 Å². The molecule has 1 aliphatic heterocycles. The second kappa shape index (κ2) is 11.5. The number of rotatable bonds is 6. The van der Waals surface area contributed by atoms with Gasteiger partial charge in [0.15, 0.2) is 4.80 Å². The molecule has 1 atom stereocenters. The predicted molar refractivity (Wildman–Crippen MR) is 163 cm³/mol. The molecule has 9 nitrogen and oxygen atoms in total. The van der Waals surface area contributed by atoms with Gasteiger partial charge in [-0.25, -0.2) is 19.3 Å². The molecule has 3 heterocycles. The molecule has 5 aromatic rings. The molecule has 0 spiro atoms. The third-order valence-corrected chi connectivity index (χ3v) is 8.15. The third-order valence-electron chi connectivity index (χ3n) is 7.17. The number of nitrogens with zero attached hydrogens (tertiary/aromatic N) is 4. The Kier molecular flexibility index (Phi) is 7.43. The van der Waals surface area contributed by atoms with E-state index in [4.69, 9.17) is 14.6 Å². The molecule has 0 saturated heterocycles. The van der Waals surface area contributed by atoms with Gasteiger partial charge >= 0.3 is 11.9 Å². The van der Waals surface area contributed by atoms with Crippen molar-refractivity contribution in [2.24, 2.45) is 4.99 Å². The Labute approximate surface area is 250 Å². The minimum Gasteiger partial charge on any atom is -0.466 e. The summed E-state index contributed by atoms with van der Waals surface area (Å²) < 4.78 is 13.6. The van der Waals surface area contributed by atoms with E-state index in [1.54, 1.807) is 35.9 Å². The van der Waals surface area contributed by atoms with Gasteiger partial charge in [-0.3, -0.25) is 9.36 Å². The van der Waals surface area contributed by atoms with Crippen LogP contribution in [0.2, 0.25) is 0 Å². The standard InChI is InChI=1S/C33H26N4O5S/c1-20-27(32(40)42-3)29(22-14-16-23(17-15-22)31(39)41-2)37-30(38)26(43-33(37)34-20)18-24-19-36(25-12-8-5-9-13-25)35-28(24)21-10-6-4-7-11-21/h4-19,29H,1-3H3. The van der Waals surface area contributed by atoms with E-state index in [-0.39, 0.29) is 11.1 Å². The first-order valence-electron chi connectivity index (χ1n) is 13.4. The molecule has 0 aliphatic carbocycles. The molecule has 2 aromatic heterocycles. The molecule has 43 heavy (non-hydrogen) atoms. The lowest BCUT2D eigenvalue weighted by Gasteiger charge is -2.24. The molecule has 0 saturated carbocycles. The van der Waals surface area contributed by atoms with Gasteiger partial charge < -0.3 is 9.47 Å². The van der Waals surface area contributed by atoms with E-state index in [0.717, 1.165) is 22.5 Å². The van der Waals surface area contributed by atoms with Crippen LogP contribution in [-0.4, -0.2) is 40.5 Å². The number of hydrogen-bond acceptors (Lipinski definition) is 8. The molecule has 0 amide bonds. The van der Waals surface area contributed by atoms with Crippen LogP contribution in [0.4, 0.5) is 0 Å². The summed E-state index contributed by atoms with van der Waals surface area (Å²) in [5.74, 6) is -1.08. The first kappa shape index (κ1) is 27.8. The lowest BCUT2D eigenvalue weighted by molar-refractivity contribution is -0.136.